The molecule has 0 radical (unpaired) electrons. The van der Waals surface area contributed by atoms with Crippen molar-refractivity contribution in [3.05, 3.63) is 34.9 Å². The van der Waals surface area contributed by atoms with E-state index in [0.29, 0.717) is 18.4 Å². The first-order valence-corrected chi connectivity index (χ1v) is 6.47. The van der Waals surface area contributed by atoms with Gasteiger partial charge in [-0.05, 0) is 45.6 Å². The molecule has 18 heavy (non-hydrogen) atoms. The van der Waals surface area contributed by atoms with Crippen molar-refractivity contribution in [1.82, 2.24) is 0 Å². The number of carbonyl (C=O) groups is 1. The van der Waals surface area contributed by atoms with E-state index in [0.717, 1.165) is 24.8 Å². The molecule has 2 aliphatic rings. The van der Waals surface area contributed by atoms with E-state index in [1.54, 1.807) is 6.08 Å². The molecule has 2 rings (SSSR count). The third-order valence-corrected chi connectivity index (χ3v) is 3.40. The minimum atomic E-state index is -1.43. The lowest BCUT2D eigenvalue weighted by Gasteiger charge is -2.19. The Morgan fingerprint density at radius 3 is 2.61 bits per heavy atom. The largest absolute Gasteiger partial charge is 0.426 e. The lowest BCUT2D eigenvalue weighted by atomic mass is 10.00. The maximum Gasteiger partial charge on any atom is 0.336 e. The fourth-order valence-electron chi connectivity index (χ4n) is 2.44. The van der Waals surface area contributed by atoms with Crippen LogP contribution in [0.4, 0.5) is 0 Å². The van der Waals surface area contributed by atoms with Gasteiger partial charge in [-0.25, -0.2) is 4.79 Å². The van der Waals surface area contributed by atoms with E-state index in [9.17, 15) is 9.90 Å². The molecular formula is C15H20O3. The SMILES string of the molecule is C/C1=C/CCC2=C[C@@](O)(C/C(C)=C\CC1)OC2=O. The van der Waals surface area contributed by atoms with Crippen molar-refractivity contribution in [3.63, 3.8) is 0 Å². The maximum atomic E-state index is 11.7. The topological polar surface area (TPSA) is 46.5 Å². The summed E-state index contributed by atoms with van der Waals surface area (Å²) < 4.78 is 5.09. The molecule has 1 heterocycles. The molecule has 1 N–H and O–H groups in total. The third kappa shape index (κ3) is 3.10. The number of fused-ring (bicyclic) bond motifs is 1. The highest BCUT2D eigenvalue weighted by atomic mass is 16.7. The van der Waals surface area contributed by atoms with Crippen LogP contribution in [0, 0.1) is 0 Å². The molecule has 98 valence electrons. The minimum Gasteiger partial charge on any atom is -0.426 e. The summed E-state index contributed by atoms with van der Waals surface area (Å²) in [6.07, 6.45) is 9.68. The molecule has 1 atom stereocenters. The Hall–Kier alpha value is -1.35. The Balaban J connectivity index is 2.24. The molecule has 0 unspecified atom stereocenters. The molecule has 1 aliphatic carbocycles. The van der Waals surface area contributed by atoms with Crippen molar-refractivity contribution >= 4 is 5.97 Å². The van der Waals surface area contributed by atoms with Crippen molar-refractivity contribution in [1.29, 1.82) is 0 Å². The van der Waals surface area contributed by atoms with Crippen LogP contribution in [0.25, 0.3) is 0 Å². The zero-order valence-electron chi connectivity index (χ0n) is 11.0. The Labute approximate surface area is 108 Å². The molecule has 2 bridgehead atoms. The van der Waals surface area contributed by atoms with Gasteiger partial charge < -0.3 is 9.84 Å². The van der Waals surface area contributed by atoms with Crippen LogP contribution in [-0.2, 0) is 9.53 Å². The van der Waals surface area contributed by atoms with Crippen LogP contribution >= 0.6 is 0 Å². The molecule has 0 aromatic carbocycles. The molecule has 0 saturated heterocycles. The molecule has 3 heteroatoms. The lowest BCUT2D eigenvalue weighted by molar-refractivity contribution is -0.177. The highest BCUT2D eigenvalue weighted by molar-refractivity contribution is 5.91. The second kappa shape index (κ2) is 5.11. The fraction of sp³-hybridized carbons (Fsp3) is 0.533. The zero-order chi connectivity index (χ0) is 13.2. The second-order valence-corrected chi connectivity index (χ2v) is 5.26. The molecule has 0 aromatic heterocycles. The Morgan fingerprint density at radius 2 is 1.83 bits per heavy atom. The van der Waals surface area contributed by atoms with Gasteiger partial charge in [0, 0.05) is 12.0 Å². The normalized spacial score (nSPS) is 35.3. The van der Waals surface area contributed by atoms with Gasteiger partial charge in [-0.2, -0.15) is 0 Å². The van der Waals surface area contributed by atoms with Gasteiger partial charge in [0.1, 0.15) is 0 Å². The number of hydrogen-bond acceptors (Lipinski definition) is 3. The number of esters is 1. The lowest BCUT2D eigenvalue weighted by Crippen LogP contribution is -2.27. The van der Waals surface area contributed by atoms with Crippen LogP contribution < -0.4 is 0 Å². The van der Waals surface area contributed by atoms with Crippen LogP contribution in [-0.4, -0.2) is 16.9 Å². The van der Waals surface area contributed by atoms with Crippen molar-refractivity contribution < 1.29 is 14.6 Å². The van der Waals surface area contributed by atoms with E-state index >= 15 is 0 Å². The minimum absolute atomic E-state index is 0.366. The van der Waals surface area contributed by atoms with Gasteiger partial charge in [-0.1, -0.05) is 23.3 Å². The van der Waals surface area contributed by atoms with Crippen LogP contribution in [0.2, 0.25) is 0 Å². The predicted molar refractivity (Wildman–Crippen MR) is 69.7 cm³/mol. The molecule has 0 spiro atoms. The fourth-order valence-corrected chi connectivity index (χ4v) is 2.44. The first-order valence-electron chi connectivity index (χ1n) is 6.47. The molecule has 1 aliphatic heterocycles. The first kappa shape index (κ1) is 13.1. The summed E-state index contributed by atoms with van der Waals surface area (Å²) in [5, 5.41) is 10.2. The average molecular weight is 248 g/mol. The summed E-state index contributed by atoms with van der Waals surface area (Å²) in [7, 11) is 0. The number of hydrogen-bond donors (Lipinski definition) is 1. The van der Waals surface area contributed by atoms with E-state index < -0.39 is 5.79 Å². The summed E-state index contributed by atoms with van der Waals surface area (Å²) in [6, 6.07) is 0. The molecular weight excluding hydrogens is 228 g/mol. The van der Waals surface area contributed by atoms with Crippen LogP contribution in [0.1, 0.15) is 46.0 Å². The highest BCUT2D eigenvalue weighted by Crippen LogP contribution is 2.31. The average Bonchev–Trinajstić information content (AvgIpc) is 2.52. The van der Waals surface area contributed by atoms with Crippen molar-refractivity contribution in [2.45, 2.75) is 51.7 Å². The quantitative estimate of drug-likeness (QED) is 0.529. The van der Waals surface area contributed by atoms with Gasteiger partial charge in [-0.15, -0.1) is 0 Å². The Morgan fingerprint density at radius 1 is 1.17 bits per heavy atom. The molecule has 3 nitrogen and oxygen atoms in total. The monoisotopic (exact) mass is 248 g/mol. The van der Waals surface area contributed by atoms with E-state index in [-0.39, 0.29) is 5.97 Å². The van der Waals surface area contributed by atoms with Crippen molar-refractivity contribution in [3.8, 4) is 0 Å². The maximum absolute atomic E-state index is 11.7. The van der Waals surface area contributed by atoms with E-state index in [4.69, 9.17) is 4.74 Å². The van der Waals surface area contributed by atoms with Gasteiger partial charge in [0.05, 0.1) is 0 Å². The van der Waals surface area contributed by atoms with Gasteiger partial charge in [-0.3, -0.25) is 0 Å². The van der Waals surface area contributed by atoms with Crippen molar-refractivity contribution in [2.24, 2.45) is 0 Å². The number of ether oxygens (including phenoxy) is 1. The Kier molecular flexibility index (Phi) is 3.71. The molecule has 0 amide bonds. The van der Waals surface area contributed by atoms with Crippen LogP contribution in [0.5, 0.6) is 0 Å². The Bertz CT molecular complexity index is 443. The second-order valence-electron chi connectivity index (χ2n) is 5.26. The summed E-state index contributed by atoms with van der Waals surface area (Å²) in [5.41, 5.74) is 2.99. The standard InChI is InChI=1S/C15H20O3/c1-11-5-3-7-12(2)9-15(17)10-13(8-4-6-11)14(16)18-15/h6-7,10,17H,3-5,8-9H2,1-2H3/b11-6-,12-7-/t15-/m1/s1. The third-order valence-electron chi connectivity index (χ3n) is 3.40. The summed E-state index contributed by atoms with van der Waals surface area (Å²) >= 11 is 0. The van der Waals surface area contributed by atoms with E-state index in [1.165, 1.54) is 5.57 Å². The predicted octanol–water partition coefficient (Wildman–Crippen LogP) is 3.01. The van der Waals surface area contributed by atoms with E-state index in [2.05, 4.69) is 19.1 Å². The smallest absolute Gasteiger partial charge is 0.336 e. The van der Waals surface area contributed by atoms with Gasteiger partial charge in [0.2, 0.25) is 5.79 Å². The summed E-state index contributed by atoms with van der Waals surface area (Å²) in [5.74, 6) is -1.80. The molecule has 0 aromatic rings. The highest BCUT2D eigenvalue weighted by Gasteiger charge is 2.37. The van der Waals surface area contributed by atoms with Crippen molar-refractivity contribution in [2.75, 3.05) is 0 Å². The molecule has 0 saturated carbocycles. The van der Waals surface area contributed by atoms with Crippen LogP contribution in [0.3, 0.4) is 0 Å². The number of rotatable bonds is 0. The number of aliphatic hydroxyl groups is 1. The molecule has 0 fully saturated rings. The van der Waals surface area contributed by atoms with Gasteiger partial charge in [0.15, 0.2) is 0 Å². The zero-order valence-corrected chi connectivity index (χ0v) is 11.0. The first-order chi connectivity index (χ1) is 8.48. The van der Waals surface area contributed by atoms with Gasteiger partial charge in [0.25, 0.3) is 0 Å². The number of carbonyl (C=O) groups excluding carboxylic acids is 1. The number of allylic oxidation sites excluding steroid dienone is 3. The summed E-state index contributed by atoms with van der Waals surface area (Å²) in [6.45, 7) is 4.08. The van der Waals surface area contributed by atoms with E-state index in [1.807, 2.05) is 6.92 Å². The van der Waals surface area contributed by atoms with Gasteiger partial charge >= 0.3 is 5.97 Å². The summed E-state index contributed by atoms with van der Waals surface area (Å²) in [4.78, 5) is 11.7. The van der Waals surface area contributed by atoms with Crippen LogP contribution in [0.15, 0.2) is 34.9 Å².